The van der Waals surface area contributed by atoms with Crippen molar-refractivity contribution in [3.05, 3.63) is 41.7 Å². The summed E-state index contributed by atoms with van der Waals surface area (Å²) >= 11 is 0. The van der Waals surface area contributed by atoms with E-state index in [1.54, 1.807) is 13.0 Å². The second kappa shape index (κ2) is 5.72. The van der Waals surface area contributed by atoms with Gasteiger partial charge in [-0.1, -0.05) is 32.4 Å². The van der Waals surface area contributed by atoms with Crippen LogP contribution < -0.4 is 4.74 Å². The molecule has 1 aliphatic carbocycles. The Balaban J connectivity index is 2.23. The summed E-state index contributed by atoms with van der Waals surface area (Å²) in [6, 6.07) is 3.15. The van der Waals surface area contributed by atoms with E-state index < -0.39 is 11.6 Å². The lowest BCUT2D eigenvalue weighted by atomic mass is 9.79. The molecule has 0 saturated heterocycles. The van der Waals surface area contributed by atoms with Crippen LogP contribution in [0.5, 0.6) is 5.75 Å². The van der Waals surface area contributed by atoms with Crippen LogP contribution in [0.3, 0.4) is 0 Å². The van der Waals surface area contributed by atoms with E-state index in [1.165, 1.54) is 6.07 Å². The fraction of sp³-hybridized carbons (Fsp3) is 0.500. The summed E-state index contributed by atoms with van der Waals surface area (Å²) in [6.45, 7) is 7.34. The van der Waals surface area contributed by atoms with Gasteiger partial charge in [0.2, 0.25) is 5.82 Å². The molecule has 3 heteroatoms. The van der Waals surface area contributed by atoms with Gasteiger partial charge in [0.15, 0.2) is 11.6 Å². The quantitative estimate of drug-likeness (QED) is 0.686. The third-order valence-corrected chi connectivity index (χ3v) is 3.82. The van der Waals surface area contributed by atoms with Crippen LogP contribution in [-0.2, 0) is 0 Å². The third-order valence-electron chi connectivity index (χ3n) is 3.82. The minimum Gasteiger partial charge on any atom is -0.459 e. The highest BCUT2D eigenvalue weighted by Crippen LogP contribution is 2.38. The first kappa shape index (κ1) is 14.0. The molecular formula is C16H20F2O. The van der Waals surface area contributed by atoms with Crippen LogP contribution in [0.4, 0.5) is 8.78 Å². The minimum atomic E-state index is -0.904. The maximum absolute atomic E-state index is 14.1. The Labute approximate surface area is 113 Å². The molecule has 1 nitrogen and oxygen atoms in total. The maximum Gasteiger partial charge on any atom is 0.201 e. The lowest BCUT2D eigenvalue weighted by Crippen LogP contribution is -2.13. The predicted octanol–water partition coefficient (Wildman–Crippen LogP) is 5.17. The second-order valence-corrected chi connectivity index (χ2v) is 5.54. The van der Waals surface area contributed by atoms with Gasteiger partial charge in [-0.3, -0.25) is 0 Å². The van der Waals surface area contributed by atoms with Gasteiger partial charge in [-0.25, -0.2) is 4.39 Å². The Morgan fingerprint density at radius 2 is 1.79 bits per heavy atom. The topological polar surface area (TPSA) is 9.23 Å². The molecule has 104 valence electrons. The van der Waals surface area contributed by atoms with Crippen molar-refractivity contribution in [2.75, 3.05) is 0 Å². The second-order valence-electron chi connectivity index (χ2n) is 5.54. The highest BCUT2D eigenvalue weighted by molar-refractivity contribution is 5.34. The number of hydrogen-bond acceptors (Lipinski definition) is 1. The molecule has 19 heavy (non-hydrogen) atoms. The average Bonchev–Trinajstić information content (AvgIpc) is 2.36. The molecule has 1 aromatic rings. The number of allylic oxidation sites excluding steroid dienone is 1. The van der Waals surface area contributed by atoms with E-state index in [2.05, 4.69) is 13.5 Å². The smallest absolute Gasteiger partial charge is 0.201 e. The molecule has 0 aromatic heterocycles. The highest BCUT2D eigenvalue weighted by Gasteiger charge is 2.25. The lowest BCUT2D eigenvalue weighted by molar-refractivity contribution is 0.334. The van der Waals surface area contributed by atoms with Gasteiger partial charge < -0.3 is 4.74 Å². The summed E-state index contributed by atoms with van der Waals surface area (Å²) in [6.07, 6.45) is 4.02. The van der Waals surface area contributed by atoms with Gasteiger partial charge in [0.05, 0.1) is 5.76 Å². The molecule has 0 N–H and O–H groups in total. The number of ether oxygens (including phenoxy) is 1. The molecule has 0 spiro atoms. The van der Waals surface area contributed by atoms with Crippen LogP contribution in [0.2, 0.25) is 0 Å². The Morgan fingerprint density at radius 1 is 1.16 bits per heavy atom. The minimum absolute atomic E-state index is 0.0853. The number of rotatable bonds is 3. The van der Waals surface area contributed by atoms with Crippen LogP contribution in [0.1, 0.15) is 51.0 Å². The van der Waals surface area contributed by atoms with Gasteiger partial charge >= 0.3 is 0 Å². The Hall–Kier alpha value is -1.38. The molecule has 2 rings (SSSR count). The van der Waals surface area contributed by atoms with Crippen LogP contribution in [0, 0.1) is 17.6 Å². The van der Waals surface area contributed by atoms with Crippen molar-refractivity contribution in [1.29, 1.82) is 0 Å². The zero-order valence-electron chi connectivity index (χ0n) is 11.5. The van der Waals surface area contributed by atoms with Crippen LogP contribution >= 0.6 is 0 Å². The van der Waals surface area contributed by atoms with Gasteiger partial charge in [0.25, 0.3) is 0 Å². The molecule has 0 heterocycles. The van der Waals surface area contributed by atoms with Gasteiger partial charge in [0.1, 0.15) is 0 Å². The van der Waals surface area contributed by atoms with E-state index in [-0.39, 0.29) is 11.7 Å². The first-order valence-electron chi connectivity index (χ1n) is 6.80. The molecule has 0 unspecified atom stereocenters. The standard InChI is InChI=1S/C16H20F2O/c1-10(2)19-14-9-8-13(15(17)16(14)18)12-6-4-11(3)5-7-12/h8-9,11-12H,1,4-7H2,2-3H3. The largest absolute Gasteiger partial charge is 0.459 e. The molecule has 0 radical (unpaired) electrons. The van der Waals surface area contributed by atoms with Crippen LogP contribution in [0.15, 0.2) is 24.5 Å². The summed E-state index contributed by atoms with van der Waals surface area (Å²) in [5, 5.41) is 0. The van der Waals surface area contributed by atoms with Gasteiger partial charge in [0, 0.05) is 0 Å². The maximum atomic E-state index is 14.1. The molecule has 0 bridgehead atoms. The Bertz CT molecular complexity index is 474. The van der Waals surface area contributed by atoms with Gasteiger partial charge in [-0.2, -0.15) is 4.39 Å². The fourth-order valence-electron chi connectivity index (χ4n) is 2.70. The number of benzene rings is 1. The van der Waals surface area contributed by atoms with Crippen LogP contribution in [0.25, 0.3) is 0 Å². The molecule has 1 aliphatic rings. The van der Waals surface area contributed by atoms with E-state index in [1.807, 2.05) is 0 Å². The molecule has 1 aromatic carbocycles. The molecule has 0 atom stereocenters. The summed E-state index contributed by atoms with van der Waals surface area (Å²) in [4.78, 5) is 0. The molecule has 1 saturated carbocycles. The highest BCUT2D eigenvalue weighted by atomic mass is 19.2. The van der Waals surface area contributed by atoms with Crippen molar-refractivity contribution >= 4 is 0 Å². The van der Waals surface area contributed by atoms with Crippen molar-refractivity contribution in [3.8, 4) is 5.75 Å². The lowest BCUT2D eigenvalue weighted by Gasteiger charge is -2.27. The molecule has 1 fully saturated rings. The van der Waals surface area contributed by atoms with E-state index in [4.69, 9.17) is 4.74 Å². The molecular weight excluding hydrogens is 246 g/mol. The van der Waals surface area contributed by atoms with Crippen molar-refractivity contribution in [2.24, 2.45) is 5.92 Å². The van der Waals surface area contributed by atoms with E-state index >= 15 is 0 Å². The SMILES string of the molecule is C=C(C)Oc1ccc(C2CCC(C)CC2)c(F)c1F. The predicted molar refractivity (Wildman–Crippen MR) is 72.2 cm³/mol. The fourth-order valence-corrected chi connectivity index (χ4v) is 2.70. The van der Waals surface area contributed by atoms with Gasteiger partial charge in [-0.15, -0.1) is 0 Å². The van der Waals surface area contributed by atoms with Crippen molar-refractivity contribution in [3.63, 3.8) is 0 Å². The summed E-state index contributed by atoms with van der Waals surface area (Å²) in [5.41, 5.74) is 0.485. The van der Waals surface area contributed by atoms with E-state index in [9.17, 15) is 8.78 Å². The third kappa shape index (κ3) is 3.14. The molecule has 0 aliphatic heterocycles. The summed E-state index contributed by atoms with van der Waals surface area (Å²) < 4.78 is 33.1. The van der Waals surface area contributed by atoms with Crippen molar-refractivity contribution in [2.45, 2.75) is 45.4 Å². The normalized spacial score (nSPS) is 23.2. The first-order valence-corrected chi connectivity index (χ1v) is 6.80. The van der Waals surface area contributed by atoms with Gasteiger partial charge in [-0.05, 0) is 43.2 Å². The van der Waals surface area contributed by atoms with E-state index in [0.717, 1.165) is 25.7 Å². The monoisotopic (exact) mass is 266 g/mol. The Kier molecular flexibility index (Phi) is 4.23. The van der Waals surface area contributed by atoms with Crippen molar-refractivity contribution < 1.29 is 13.5 Å². The first-order chi connectivity index (χ1) is 8.99. The molecule has 0 amide bonds. The summed E-state index contributed by atoms with van der Waals surface area (Å²) in [7, 11) is 0. The summed E-state index contributed by atoms with van der Waals surface area (Å²) in [5.74, 6) is -0.590. The van der Waals surface area contributed by atoms with Crippen molar-refractivity contribution in [1.82, 2.24) is 0 Å². The Morgan fingerprint density at radius 3 is 2.37 bits per heavy atom. The zero-order valence-corrected chi connectivity index (χ0v) is 11.5. The van der Waals surface area contributed by atoms with E-state index in [0.29, 0.717) is 17.2 Å². The number of hydrogen-bond donors (Lipinski definition) is 0. The number of halogens is 2. The average molecular weight is 266 g/mol. The van der Waals surface area contributed by atoms with Crippen LogP contribution in [-0.4, -0.2) is 0 Å². The zero-order chi connectivity index (χ0) is 14.0.